The first-order valence-corrected chi connectivity index (χ1v) is 13.1. The zero-order valence-corrected chi connectivity index (χ0v) is 20.8. The number of amides is 1. The highest BCUT2D eigenvalue weighted by atomic mass is 32.2. The first-order chi connectivity index (χ1) is 16.8. The van der Waals surface area contributed by atoms with E-state index in [1.807, 2.05) is 11.0 Å². The van der Waals surface area contributed by atoms with Crippen molar-refractivity contribution in [3.63, 3.8) is 0 Å². The average Bonchev–Trinajstić information content (AvgIpc) is 3.38. The maximum absolute atomic E-state index is 12.6. The summed E-state index contributed by atoms with van der Waals surface area (Å²) < 4.78 is 38.6. The van der Waals surface area contributed by atoms with Gasteiger partial charge in [-0.15, -0.1) is 0 Å². The largest absolute Gasteiger partial charge is 0.490 e. The second kappa shape index (κ2) is 10.9. The Hall–Kier alpha value is -3.36. The van der Waals surface area contributed by atoms with Crippen LogP contribution in [0.1, 0.15) is 35.3 Å². The molecule has 1 amide bonds. The molecule has 8 heteroatoms. The van der Waals surface area contributed by atoms with Gasteiger partial charge in [-0.2, -0.15) is 0 Å². The predicted molar refractivity (Wildman–Crippen MR) is 134 cm³/mol. The van der Waals surface area contributed by atoms with Gasteiger partial charge in [-0.3, -0.25) is 4.79 Å². The molecular weight excluding hydrogens is 464 g/mol. The molecule has 184 valence electrons. The van der Waals surface area contributed by atoms with Crippen LogP contribution in [0.5, 0.6) is 5.75 Å². The molecule has 7 nitrogen and oxygen atoms in total. The minimum Gasteiger partial charge on any atom is -0.490 e. The highest BCUT2D eigenvalue weighted by Crippen LogP contribution is 2.22. The number of aryl methyl sites for hydroxylation is 2. The molecule has 0 aliphatic carbocycles. The number of hydrogen-bond acceptors (Lipinski definition) is 5. The Labute approximate surface area is 206 Å². The first kappa shape index (κ1) is 24.8. The van der Waals surface area contributed by atoms with E-state index in [0.29, 0.717) is 18.8 Å². The molecule has 0 unspecified atom stereocenters. The van der Waals surface area contributed by atoms with E-state index in [1.54, 1.807) is 30.3 Å². The molecule has 0 spiro atoms. The van der Waals surface area contributed by atoms with Crippen LogP contribution in [0.25, 0.3) is 6.08 Å². The van der Waals surface area contributed by atoms with E-state index in [2.05, 4.69) is 30.7 Å². The van der Waals surface area contributed by atoms with Gasteiger partial charge in [0.1, 0.15) is 17.6 Å². The minimum absolute atomic E-state index is 0.0635. The molecule has 35 heavy (non-hydrogen) atoms. The predicted octanol–water partition coefficient (Wildman–Crippen LogP) is 4.46. The van der Waals surface area contributed by atoms with Crippen molar-refractivity contribution in [2.24, 2.45) is 0 Å². The second-order valence-electron chi connectivity index (χ2n) is 8.69. The summed E-state index contributed by atoms with van der Waals surface area (Å²) in [5.41, 5.74) is 3.19. The molecule has 1 N–H and O–H groups in total. The number of hydrogen-bond donors (Lipinski definition) is 1. The van der Waals surface area contributed by atoms with Crippen molar-refractivity contribution in [2.75, 3.05) is 13.1 Å². The van der Waals surface area contributed by atoms with Gasteiger partial charge in [-0.1, -0.05) is 18.2 Å². The van der Waals surface area contributed by atoms with Gasteiger partial charge < -0.3 is 14.1 Å². The van der Waals surface area contributed by atoms with Gasteiger partial charge in [-0.05, 0) is 73.0 Å². The van der Waals surface area contributed by atoms with E-state index in [-0.39, 0.29) is 23.5 Å². The molecule has 1 aliphatic rings. The van der Waals surface area contributed by atoms with Crippen LogP contribution in [0.3, 0.4) is 0 Å². The molecule has 0 bridgehead atoms. The van der Waals surface area contributed by atoms with Crippen molar-refractivity contribution in [2.45, 2.75) is 44.2 Å². The normalized spacial score (nSPS) is 15.0. The summed E-state index contributed by atoms with van der Waals surface area (Å²) in [7, 11) is -3.66. The topological polar surface area (TPSA) is 88.8 Å². The van der Waals surface area contributed by atoms with E-state index in [9.17, 15) is 13.2 Å². The number of benzene rings is 2. The number of rotatable bonds is 8. The van der Waals surface area contributed by atoms with Crippen LogP contribution in [0, 0.1) is 13.8 Å². The standard InChI is InChI=1S/C27H30N2O5S/c1-20-5-9-24(18-21(20)2)34-23-13-15-29(16-14-23)27(30)12-8-22-6-10-26(11-7-22)35(31,32)28-19-25-4-3-17-33-25/h3-12,17-18,23,28H,13-16,19H2,1-2H3/b12-8+. The summed E-state index contributed by atoms with van der Waals surface area (Å²) in [6, 6.07) is 15.9. The van der Waals surface area contributed by atoms with E-state index < -0.39 is 10.0 Å². The average molecular weight is 495 g/mol. The lowest BCUT2D eigenvalue weighted by Crippen LogP contribution is -2.41. The molecule has 2 heterocycles. The van der Waals surface area contributed by atoms with E-state index in [4.69, 9.17) is 9.15 Å². The second-order valence-corrected chi connectivity index (χ2v) is 10.5. The highest BCUT2D eigenvalue weighted by molar-refractivity contribution is 7.89. The number of sulfonamides is 1. The molecule has 1 fully saturated rings. The van der Waals surface area contributed by atoms with Crippen LogP contribution < -0.4 is 9.46 Å². The van der Waals surface area contributed by atoms with Crippen LogP contribution in [-0.2, 0) is 21.4 Å². The van der Waals surface area contributed by atoms with E-state index in [1.165, 1.54) is 35.6 Å². The Kier molecular flexibility index (Phi) is 7.73. The summed E-state index contributed by atoms with van der Waals surface area (Å²) >= 11 is 0. The van der Waals surface area contributed by atoms with Crippen molar-refractivity contribution >= 4 is 22.0 Å². The summed E-state index contributed by atoms with van der Waals surface area (Å²) in [6.45, 7) is 5.50. The summed E-state index contributed by atoms with van der Waals surface area (Å²) in [6.07, 6.45) is 6.39. The maximum Gasteiger partial charge on any atom is 0.246 e. The van der Waals surface area contributed by atoms with Crippen molar-refractivity contribution < 1.29 is 22.4 Å². The first-order valence-electron chi connectivity index (χ1n) is 11.6. The lowest BCUT2D eigenvalue weighted by molar-refractivity contribution is -0.127. The number of carbonyl (C=O) groups is 1. The van der Waals surface area contributed by atoms with Crippen molar-refractivity contribution in [1.29, 1.82) is 0 Å². The fourth-order valence-electron chi connectivity index (χ4n) is 3.87. The van der Waals surface area contributed by atoms with Gasteiger partial charge in [0.15, 0.2) is 0 Å². The van der Waals surface area contributed by atoms with Crippen LogP contribution in [0.4, 0.5) is 0 Å². The van der Waals surface area contributed by atoms with Crippen molar-refractivity contribution in [3.05, 3.63) is 89.4 Å². The minimum atomic E-state index is -3.66. The van der Waals surface area contributed by atoms with Crippen LogP contribution in [-0.4, -0.2) is 38.4 Å². The van der Waals surface area contributed by atoms with Crippen LogP contribution in [0.15, 0.2) is 76.2 Å². The number of nitrogens with one attached hydrogen (secondary N) is 1. The Morgan fingerprint density at radius 3 is 2.49 bits per heavy atom. The van der Waals surface area contributed by atoms with Crippen molar-refractivity contribution in [1.82, 2.24) is 9.62 Å². The third-order valence-corrected chi connectivity index (χ3v) is 7.58. The Balaban J connectivity index is 1.26. The molecular formula is C27H30N2O5S. The van der Waals surface area contributed by atoms with Crippen LogP contribution in [0.2, 0.25) is 0 Å². The van der Waals surface area contributed by atoms with Gasteiger partial charge in [0.25, 0.3) is 0 Å². The number of piperidine rings is 1. The molecule has 1 aromatic heterocycles. The quantitative estimate of drug-likeness (QED) is 0.467. The highest BCUT2D eigenvalue weighted by Gasteiger charge is 2.23. The fourth-order valence-corrected chi connectivity index (χ4v) is 4.86. The molecule has 0 saturated carbocycles. The number of nitrogens with zero attached hydrogens (tertiary/aromatic N) is 1. The molecule has 2 aromatic carbocycles. The third-order valence-electron chi connectivity index (χ3n) is 6.16. The Bertz CT molecular complexity index is 1270. The monoisotopic (exact) mass is 494 g/mol. The molecule has 1 saturated heterocycles. The van der Waals surface area contributed by atoms with E-state index >= 15 is 0 Å². The van der Waals surface area contributed by atoms with Crippen LogP contribution >= 0.6 is 0 Å². The smallest absolute Gasteiger partial charge is 0.246 e. The molecule has 3 aromatic rings. The number of furan rings is 1. The van der Waals surface area contributed by atoms with Crippen molar-refractivity contribution in [3.8, 4) is 5.75 Å². The summed E-state index contributed by atoms with van der Waals surface area (Å²) in [5, 5.41) is 0. The van der Waals surface area contributed by atoms with Gasteiger partial charge >= 0.3 is 0 Å². The zero-order valence-electron chi connectivity index (χ0n) is 19.9. The van der Waals surface area contributed by atoms with Gasteiger partial charge in [0.05, 0.1) is 17.7 Å². The SMILES string of the molecule is Cc1ccc(OC2CCN(C(=O)/C=C/c3ccc(S(=O)(=O)NCc4ccco4)cc3)CC2)cc1C. The number of carbonyl (C=O) groups excluding carboxylic acids is 1. The summed E-state index contributed by atoms with van der Waals surface area (Å²) in [4.78, 5) is 14.6. The molecule has 4 rings (SSSR count). The number of likely N-dealkylation sites (tertiary alicyclic amines) is 1. The molecule has 0 radical (unpaired) electrons. The lowest BCUT2D eigenvalue weighted by atomic mass is 10.1. The lowest BCUT2D eigenvalue weighted by Gasteiger charge is -2.31. The summed E-state index contributed by atoms with van der Waals surface area (Å²) in [5.74, 6) is 1.35. The van der Waals surface area contributed by atoms with E-state index in [0.717, 1.165) is 24.2 Å². The third kappa shape index (κ3) is 6.61. The number of ether oxygens (including phenoxy) is 1. The Morgan fingerprint density at radius 1 is 1.09 bits per heavy atom. The molecule has 1 aliphatic heterocycles. The van der Waals surface area contributed by atoms with Gasteiger partial charge in [0.2, 0.25) is 15.9 Å². The fraction of sp³-hybridized carbons (Fsp3) is 0.296. The maximum atomic E-state index is 12.6. The molecule has 0 atom stereocenters. The van der Waals surface area contributed by atoms with Gasteiger partial charge in [-0.25, -0.2) is 13.1 Å². The van der Waals surface area contributed by atoms with Gasteiger partial charge in [0, 0.05) is 32.0 Å². The Morgan fingerprint density at radius 2 is 1.83 bits per heavy atom. The zero-order chi connectivity index (χ0) is 24.8.